The highest BCUT2D eigenvalue weighted by atomic mass is 14.2. The standard InChI is InChI=1S/C19H24/c1-13-7-9-16(10-8-13)17-11-14(2)18(15(3)12-17)19(4,5)6/h7-12H,1-6H3. The highest BCUT2D eigenvalue weighted by Gasteiger charge is 2.19. The summed E-state index contributed by atoms with van der Waals surface area (Å²) < 4.78 is 0. The number of benzene rings is 2. The third-order valence-electron chi connectivity index (χ3n) is 3.67. The molecule has 0 bridgehead atoms. The van der Waals surface area contributed by atoms with E-state index in [0.29, 0.717) is 0 Å². The molecule has 0 amide bonds. The van der Waals surface area contributed by atoms with Gasteiger partial charge in [-0.05, 0) is 54.0 Å². The van der Waals surface area contributed by atoms with E-state index in [1.807, 2.05) is 0 Å². The molecule has 0 N–H and O–H groups in total. The molecule has 0 spiro atoms. The Morgan fingerprint density at radius 1 is 0.684 bits per heavy atom. The molecular weight excluding hydrogens is 228 g/mol. The lowest BCUT2D eigenvalue weighted by molar-refractivity contribution is 0.582. The van der Waals surface area contributed by atoms with E-state index in [9.17, 15) is 0 Å². The van der Waals surface area contributed by atoms with Gasteiger partial charge in [0.05, 0.1) is 0 Å². The first-order chi connectivity index (χ1) is 8.79. The molecule has 0 nitrogen and oxygen atoms in total. The Morgan fingerprint density at radius 3 is 1.58 bits per heavy atom. The van der Waals surface area contributed by atoms with E-state index in [-0.39, 0.29) is 5.41 Å². The molecule has 2 rings (SSSR count). The van der Waals surface area contributed by atoms with Crippen molar-refractivity contribution < 1.29 is 0 Å². The molecule has 0 atom stereocenters. The Morgan fingerprint density at radius 2 is 1.16 bits per heavy atom. The van der Waals surface area contributed by atoms with Gasteiger partial charge in [-0.15, -0.1) is 0 Å². The van der Waals surface area contributed by atoms with Crippen LogP contribution in [0.4, 0.5) is 0 Å². The van der Waals surface area contributed by atoms with Crippen LogP contribution in [0.5, 0.6) is 0 Å². The summed E-state index contributed by atoms with van der Waals surface area (Å²) in [7, 11) is 0. The summed E-state index contributed by atoms with van der Waals surface area (Å²) in [5, 5.41) is 0. The number of rotatable bonds is 1. The quantitative estimate of drug-likeness (QED) is 0.622. The summed E-state index contributed by atoms with van der Waals surface area (Å²) in [4.78, 5) is 0. The van der Waals surface area contributed by atoms with E-state index in [1.165, 1.54) is 33.4 Å². The molecule has 2 aromatic rings. The normalized spacial score (nSPS) is 11.7. The molecule has 100 valence electrons. The molecule has 19 heavy (non-hydrogen) atoms. The molecule has 2 aromatic carbocycles. The van der Waals surface area contributed by atoms with Crippen LogP contribution in [-0.2, 0) is 5.41 Å². The van der Waals surface area contributed by atoms with Gasteiger partial charge in [-0.2, -0.15) is 0 Å². The molecule has 0 aromatic heterocycles. The molecule has 0 heterocycles. The van der Waals surface area contributed by atoms with Crippen molar-refractivity contribution in [2.75, 3.05) is 0 Å². The largest absolute Gasteiger partial charge is 0.0587 e. The third kappa shape index (κ3) is 2.89. The van der Waals surface area contributed by atoms with Gasteiger partial charge >= 0.3 is 0 Å². The first-order valence-corrected chi connectivity index (χ1v) is 6.98. The molecular formula is C19H24. The fourth-order valence-electron chi connectivity index (χ4n) is 3.06. The smallest absolute Gasteiger partial charge is 0.0127 e. The van der Waals surface area contributed by atoms with Gasteiger partial charge in [0.15, 0.2) is 0 Å². The summed E-state index contributed by atoms with van der Waals surface area (Å²) in [6.07, 6.45) is 0. The number of hydrogen-bond donors (Lipinski definition) is 0. The summed E-state index contributed by atoms with van der Waals surface area (Å²) >= 11 is 0. The average Bonchev–Trinajstić information content (AvgIpc) is 2.26. The van der Waals surface area contributed by atoms with Crippen molar-refractivity contribution in [2.24, 2.45) is 0 Å². The van der Waals surface area contributed by atoms with Crippen molar-refractivity contribution >= 4 is 0 Å². The van der Waals surface area contributed by atoms with Crippen LogP contribution in [0.2, 0.25) is 0 Å². The van der Waals surface area contributed by atoms with Gasteiger partial charge in [-0.3, -0.25) is 0 Å². The van der Waals surface area contributed by atoms with Crippen LogP contribution >= 0.6 is 0 Å². The number of aryl methyl sites for hydroxylation is 3. The van der Waals surface area contributed by atoms with Gasteiger partial charge in [-0.1, -0.05) is 62.7 Å². The molecule has 0 radical (unpaired) electrons. The molecule has 0 fully saturated rings. The Kier molecular flexibility index (Phi) is 3.54. The van der Waals surface area contributed by atoms with Crippen LogP contribution in [0.1, 0.15) is 43.0 Å². The maximum Gasteiger partial charge on any atom is -0.0127 e. The van der Waals surface area contributed by atoms with Crippen molar-refractivity contribution in [3.05, 3.63) is 58.7 Å². The van der Waals surface area contributed by atoms with E-state index < -0.39 is 0 Å². The van der Waals surface area contributed by atoms with Gasteiger partial charge in [0.1, 0.15) is 0 Å². The molecule has 0 aliphatic rings. The molecule has 0 saturated heterocycles. The van der Waals surface area contributed by atoms with Crippen LogP contribution in [0.15, 0.2) is 36.4 Å². The third-order valence-corrected chi connectivity index (χ3v) is 3.67. The molecule has 0 aliphatic carbocycles. The minimum absolute atomic E-state index is 0.208. The van der Waals surface area contributed by atoms with Crippen molar-refractivity contribution in [3.8, 4) is 11.1 Å². The van der Waals surface area contributed by atoms with Crippen molar-refractivity contribution in [2.45, 2.75) is 47.0 Å². The lowest BCUT2D eigenvalue weighted by Gasteiger charge is -2.25. The second-order valence-electron chi connectivity index (χ2n) is 6.60. The first-order valence-electron chi connectivity index (χ1n) is 6.98. The summed E-state index contributed by atoms with van der Waals surface area (Å²) in [6.45, 7) is 13.4. The fraction of sp³-hybridized carbons (Fsp3) is 0.368. The average molecular weight is 252 g/mol. The topological polar surface area (TPSA) is 0 Å². The van der Waals surface area contributed by atoms with Gasteiger partial charge in [0.2, 0.25) is 0 Å². The van der Waals surface area contributed by atoms with Gasteiger partial charge in [-0.25, -0.2) is 0 Å². The van der Waals surface area contributed by atoms with Gasteiger partial charge in [0, 0.05) is 0 Å². The lowest BCUT2D eigenvalue weighted by Crippen LogP contribution is -2.15. The van der Waals surface area contributed by atoms with Crippen LogP contribution in [0.25, 0.3) is 11.1 Å². The van der Waals surface area contributed by atoms with E-state index in [1.54, 1.807) is 0 Å². The second kappa shape index (κ2) is 4.85. The van der Waals surface area contributed by atoms with Crippen molar-refractivity contribution in [1.82, 2.24) is 0 Å². The Balaban J connectivity index is 2.54. The van der Waals surface area contributed by atoms with E-state index in [2.05, 4.69) is 77.9 Å². The minimum Gasteiger partial charge on any atom is -0.0587 e. The zero-order valence-electron chi connectivity index (χ0n) is 13.0. The van der Waals surface area contributed by atoms with Crippen LogP contribution in [0.3, 0.4) is 0 Å². The van der Waals surface area contributed by atoms with Crippen LogP contribution in [-0.4, -0.2) is 0 Å². The van der Waals surface area contributed by atoms with E-state index in [0.717, 1.165) is 0 Å². The van der Waals surface area contributed by atoms with Gasteiger partial charge in [0.25, 0.3) is 0 Å². The van der Waals surface area contributed by atoms with Crippen LogP contribution < -0.4 is 0 Å². The maximum atomic E-state index is 2.32. The summed E-state index contributed by atoms with van der Waals surface area (Å²) in [5.41, 5.74) is 8.40. The predicted molar refractivity (Wildman–Crippen MR) is 84.8 cm³/mol. The molecule has 0 aliphatic heterocycles. The highest BCUT2D eigenvalue weighted by Crippen LogP contribution is 2.32. The Hall–Kier alpha value is -1.56. The zero-order valence-corrected chi connectivity index (χ0v) is 13.0. The fourth-order valence-corrected chi connectivity index (χ4v) is 3.06. The Bertz CT molecular complexity index is 557. The molecule has 0 saturated carbocycles. The van der Waals surface area contributed by atoms with E-state index >= 15 is 0 Å². The van der Waals surface area contributed by atoms with E-state index in [4.69, 9.17) is 0 Å². The van der Waals surface area contributed by atoms with Crippen LogP contribution in [0, 0.1) is 20.8 Å². The monoisotopic (exact) mass is 252 g/mol. The zero-order chi connectivity index (χ0) is 14.2. The second-order valence-corrected chi connectivity index (χ2v) is 6.60. The lowest BCUT2D eigenvalue weighted by atomic mass is 9.80. The SMILES string of the molecule is Cc1ccc(-c2cc(C)c(C(C)(C)C)c(C)c2)cc1. The maximum absolute atomic E-state index is 2.32. The minimum atomic E-state index is 0.208. The van der Waals surface area contributed by atoms with Gasteiger partial charge < -0.3 is 0 Å². The predicted octanol–water partition coefficient (Wildman–Crippen LogP) is 5.58. The summed E-state index contributed by atoms with van der Waals surface area (Å²) in [5.74, 6) is 0. The molecule has 0 unspecified atom stereocenters. The van der Waals surface area contributed by atoms with Crippen molar-refractivity contribution in [3.63, 3.8) is 0 Å². The summed E-state index contributed by atoms with van der Waals surface area (Å²) in [6, 6.07) is 13.4. The highest BCUT2D eigenvalue weighted by molar-refractivity contribution is 5.67. The first kappa shape index (κ1) is 13.9. The Labute approximate surface area is 117 Å². The number of hydrogen-bond acceptors (Lipinski definition) is 0. The van der Waals surface area contributed by atoms with Crippen molar-refractivity contribution in [1.29, 1.82) is 0 Å². The molecule has 0 heteroatoms.